The van der Waals surface area contributed by atoms with Crippen molar-refractivity contribution in [3.05, 3.63) is 0 Å². The van der Waals surface area contributed by atoms with Gasteiger partial charge in [-0.15, -0.1) is 0 Å². The fourth-order valence-electron chi connectivity index (χ4n) is 2.92. The van der Waals surface area contributed by atoms with Gasteiger partial charge in [0.15, 0.2) is 0 Å². The second kappa shape index (κ2) is 7.74. The van der Waals surface area contributed by atoms with Crippen LogP contribution in [0, 0.1) is 11.8 Å². The monoisotopic (exact) mass is 257 g/mol. The minimum atomic E-state index is -0.786. The molecular weight excluding hydrogens is 230 g/mol. The van der Waals surface area contributed by atoms with Crippen molar-refractivity contribution >= 4 is 5.97 Å². The molecule has 2 N–H and O–H groups in total. The molecule has 0 aliphatic heterocycles. The third-order valence-corrected chi connectivity index (χ3v) is 3.64. The van der Waals surface area contributed by atoms with Crippen LogP contribution in [0.25, 0.3) is 0 Å². The highest BCUT2D eigenvalue weighted by Gasteiger charge is 2.25. The van der Waals surface area contributed by atoms with E-state index in [1.807, 2.05) is 6.92 Å². The van der Waals surface area contributed by atoms with Gasteiger partial charge in [0.1, 0.15) is 6.04 Å². The smallest absolute Gasteiger partial charge is 0.320 e. The first-order valence-corrected chi connectivity index (χ1v) is 7.10. The Kier molecular flexibility index (Phi) is 6.65. The summed E-state index contributed by atoms with van der Waals surface area (Å²) in [5.74, 6) is 0.663. The van der Waals surface area contributed by atoms with Gasteiger partial charge in [0.2, 0.25) is 0 Å². The highest BCUT2D eigenvalue weighted by molar-refractivity contribution is 5.73. The Morgan fingerprint density at radius 1 is 1.33 bits per heavy atom. The lowest BCUT2D eigenvalue weighted by molar-refractivity contribution is -0.140. The van der Waals surface area contributed by atoms with Gasteiger partial charge < -0.3 is 15.2 Å². The normalized spacial score (nSPS) is 30.1. The van der Waals surface area contributed by atoms with Crippen molar-refractivity contribution in [3.8, 4) is 0 Å². The van der Waals surface area contributed by atoms with Crippen LogP contribution in [0.2, 0.25) is 0 Å². The van der Waals surface area contributed by atoms with Crippen LogP contribution >= 0.6 is 0 Å². The minimum absolute atomic E-state index is 0.319. The molecular formula is C14H27NO3. The van der Waals surface area contributed by atoms with E-state index in [0.29, 0.717) is 25.7 Å². The minimum Gasteiger partial charge on any atom is -0.480 e. The summed E-state index contributed by atoms with van der Waals surface area (Å²) in [5, 5.41) is 12.0. The second-order valence-electron chi connectivity index (χ2n) is 5.65. The number of rotatable bonds is 7. The summed E-state index contributed by atoms with van der Waals surface area (Å²) in [4.78, 5) is 11.0. The Balaban J connectivity index is 2.25. The van der Waals surface area contributed by atoms with Gasteiger partial charge in [-0.05, 0) is 44.1 Å². The third-order valence-electron chi connectivity index (χ3n) is 3.64. The molecule has 18 heavy (non-hydrogen) atoms. The summed E-state index contributed by atoms with van der Waals surface area (Å²) in [7, 11) is 0. The van der Waals surface area contributed by atoms with Gasteiger partial charge in [-0.3, -0.25) is 4.79 Å². The lowest BCUT2D eigenvalue weighted by atomic mass is 9.82. The fourth-order valence-corrected chi connectivity index (χ4v) is 2.92. The maximum absolute atomic E-state index is 11.0. The van der Waals surface area contributed by atoms with Crippen LogP contribution < -0.4 is 5.32 Å². The number of hydrogen-bond donors (Lipinski definition) is 2. The topological polar surface area (TPSA) is 58.6 Å². The number of carbonyl (C=O) groups is 1. The van der Waals surface area contributed by atoms with Crippen molar-refractivity contribution in [2.45, 2.75) is 58.6 Å². The zero-order valence-corrected chi connectivity index (χ0v) is 11.8. The van der Waals surface area contributed by atoms with Crippen molar-refractivity contribution in [1.82, 2.24) is 5.32 Å². The molecule has 3 atom stereocenters. The van der Waals surface area contributed by atoms with Crippen LogP contribution in [0.15, 0.2) is 0 Å². The van der Waals surface area contributed by atoms with Gasteiger partial charge in [-0.1, -0.05) is 20.8 Å². The zero-order chi connectivity index (χ0) is 13.5. The van der Waals surface area contributed by atoms with Crippen LogP contribution in [-0.4, -0.2) is 36.4 Å². The molecule has 1 aliphatic rings. The fraction of sp³-hybridized carbons (Fsp3) is 0.929. The number of nitrogens with one attached hydrogen (secondary N) is 1. The van der Waals surface area contributed by atoms with Crippen LogP contribution in [0.5, 0.6) is 0 Å². The Morgan fingerprint density at radius 2 is 1.94 bits per heavy atom. The lowest BCUT2D eigenvalue weighted by Crippen LogP contribution is -2.38. The summed E-state index contributed by atoms with van der Waals surface area (Å²) >= 11 is 0. The lowest BCUT2D eigenvalue weighted by Gasteiger charge is -2.31. The van der Waals surface area contributed by atoms with Crippen molar-refractivity contribution in [3.63, 3.8) is 0 Å². The molecule has 1 rings (SSSR count). The van der Waals surface area contributed by atoms with Crippen molar-refractivity contribution < 1.29 is 14.6 Å². The molecule has 0 radical (unpaired) electrons. The van der Waals surface area contributed by atoms with Gasteiger partial charge in [0, 0.05) is 6.61 Å². The van der Waals surface area contributed by atoms with E-state index in [4.69, 9.17) is 9.84 Å². The quantitative estimate of drug-likeness (QED) is 0.734. The molecule has 0 heterocycles. The first kappa shape index (κ1) is 15.4. The van der Waals surface area contributed by atoms with E-state index < -0.39 is 12.0 Å². The molecule has 106 valence electrons. The van der Waals surface area contributed by atoms with Crippen molar-refractivity contribution in [2.24, 2.45) is 11.8 Å². The first-order valence-electron chi connectivity index (χ1n) is 7.10. The highest BCUT2D eigenvalue weighted by Crippen LogP contribution is 2.30. The standard InChI is InChI=1S/C14H27NO3/c1-4-15-13(14(16)17)5-6-18-12-8-10(2)7-11(3)9-12/h10-13,15H,4-9H2,1-3H3,(H,16,17). The van der Waals surface area contributed by atoms with E-state index in [2.05, 4.69) is 19.2 Å². The van der Waals surface area contributed by atoms with Gasteiger partial charge in [0.25, 0.3) is 0 Å². The maximum Gasteiger partial charge on any atom is 0.320 e. The summed E-state index contributed by atoms with van der Waals surface area (Å²) in [6.45, 7) is 7.67. The van der Waals surface area contributed by atoms with E-state index in [0.717, 1.165) is 24.7 Å². The molecule has 1 saturated carbocycles. The maximum atomic E-state index is 11.0. The highest BCUT2D eigenvalue weighted by atomic mass is 16.5. The molecule has 1 aliphatic carbocycles. The number of ether oxygens (including phenoxy) is 1. The van der Waals surface area contributed by atoms with Gasteiger partial charge in [0.05, 0.1) is 6.10 Å². The van der Waals surface area contributed by atoms with Crippen LogP contribution in [-0.2, 0) is 9.53 Å². The van der Waals surface area contributed by atoms with Gasteiger partial charge in [-0.25, -0.2) is 0 Å². The van der Waals surface area contributed by atoms with Crippen LogP contribution in [0.3, 0.4) is 0 Å². The number of aliphatic carboxylic acids is 1. The number of likely N-dealkylation sites (N-methyl/N-ethyl adjacent to an activating group) is 1. The molecule has 0 amide bonds. The third kappa shape index (κ3) is 5.36. The predicted octanol–water partition coefficient (Wildman–Crippen LogP) is 2.28. The van der Waals surface area contributed by atoms with E-state index in [-0.39, 0.29) is 0 Å². The SMILES string of the molecule is CCNC(CCOC1CC(C)CC(C)C1)C(=O)O. The van der Waals surface area contributed by atoms with Crippen LogP contribution in [0.1, 0.15) is 46.5 Å². The molecule has 4 nitrogen and oxygen atoms in total. The summed E-state index contributed by atoms with van der Waals surface area (Å²) in [6, 6.07) is -0.478. The number of carboxylic acids is 1. The summed E-state index contributed by atoms with van der Waals surface area (Å²) in [6.07, 6.45) is 4.38. The van der Waals surface area contributed by atoms with Crippen molar-refractivity contribution in [1.29, 1.82) is 0 Å². The molecule has 0 aromatic heterocycles. The van der Waals surface area contributed by atoms with Gasteiger partial charge in [-0.2, -0.15) is 0 Å². The van der Waals surface area contributed by atoms with E-state index in [9.17, 15) is 4.79 Å². The average molecular weight is 257 g/mol. The molecule has 3 unspecified atom stereocenters. The Hall–Kier alpha value is -0.610. The molecule has 1 fully saturated rings. The Bertz CT molecular complexity index is 247. The zero-order valence-electron chi connectivity index (χ0n) is 11.8. The van der Waals surface area contributed by atoms with E-state index in [1.165, 1.54) is 6.42 Å². The predicted molar refractivity (Wildman–Crippen MR) is 71.6 cm³/mol. The summed E-state index contributed by atoms with van der Waals surface area (Å²) in [5.41, 5.74) is 0. The first-order chi connectivity index (χ1) is 8.52. The van der Waals surface area contributed by atoms with Crippen LogP contribution in [0.4, 0.5) is 0 Å². The van der Waals surface area contributed by atoms with Crippen molar-refractivity contribution in [2.75, 3.05) is 13.2 Å². The molecule has 0 bridgehead atoms. The molecule has 0 aromatic carbocycles. The molecule has 0 saturated heterocycles. The molecule has 0 spiro atoms. The van der Waals surface area contributed by atoms with Gasteiger partial charge >= 0.3 is 5.97 Å². The average Bonchev–Trinajstić information content (AvgIpc) is 2.26. The second-order valence-corrected chi connectivity index (χ2v) is 5.65. The van der Waals surface area contributed by atoms with E-state index in [1.54, 1.807) is 0 Å². The largest absolute Gasteiger partial charge is 0.480 e. The summed E-state index contributed by atoms with van der Waals surface area (Å²) < 4.78 is 5.85. The number of hydrogen-bond acceptors (Lipinski definition) is 3. The Morgan fingerprint density at radius 3 is 2.44 bits per heavy atom. The number of carboxylic acid groups (broad SMARTS) is 1. The molecule has 0 aromatic rings. The molecule has 4 heteroatoms. The Labute approximate surface area is 110 Å². The van der Waals surface area contributed by atoms with E-state index >= 15 is 0 Å².